The van der Waals surface area contributed by atoms with E-state index in [1.54, 1.807) is 49.4 Å². The normalized spacial score (nSPS) is 12.0. The molecule has 0 fully saturated rings. The van der Waals surface area contributed by atoms with Gasteiger partial charge in [0.05, 0.1) is 10.6 Å². The van der Waals surface area contributed by atoms with E-state index in [9.17, 15) is 8.42 Å². The van der Waals surface area contributed by atoms with Crippen LogP contribution in [0.4, 0.5) is 5.69 Å². The smallest absolute Gasteiger partial charge is 0.239 e. The Bertz CT molecular complexity index is 834. The van der Waals surface area contributed by atoms with Gasteiger partial charge >= 0.3 is 0 Å². The van der Waals surface area contributed by atoms with Crippen molar-refractivity contribution in [2.24, 2.45) is 0 Å². The third-order valence-electron chi connectivity index (χ3n) is 3.67. The molecule has 0 saturated carbocycles. The summed E-state index contributed by atoms with van der Waals surface area (Å²) >= 11 is 0. The van der Waals surface area contributed by atoms with Crippen LogP contribution in [0.2, 0.25) is 0 Å². The Morgan fingerprint density at radius 3 is 2.26 bits per heavy atom. The van der Waals surface area contributed by atoms with Gasteiger partial charge in [0.15, 0.2) is 0 Å². The van der Waals surface area contributed by atoms with Gasteiger partial charge in [0.1, 0.15) is 0 Å². The number of para-hydroxylation sites is 1. The minimum Gasteiger partial charge on any atom is -0.239 e. The molecule has 0 saturated heterocycles. The van der Waals surface area contributed by atoms with Crippen molar-refractivity contribution in [1.29, 1.82) is 0 Å². The summed E-state index contributed by atoms with van der Waals surface area (Å²) < 4.78 is 27.7. The summed E-state index contributed by atoms with van der Waals surface area (Å²) in [5.74, 6) is 0. The van der Waals surface area contributed by atoms with E-state index in [-0.39, 0.29) is 4.90 Å². The molecule has 0 aromatic heterocycles. The Morgan fingerprint density at radius 2 is 1.70 bits per heavy atom. The van der Waals surface area contributed by atoms with Crippen molar-refractivity contribution in [3.8, 4) is 0 Å². The summed E-state index contributed by atoms with van der Waals surface area (Å²) in [6, 6.07) is 14.2. The van der Waals surface area contributed by atoms with Crippen LogP contribution < -0.4 is 4.31 Å². The number of aryl methyl sites for hydroxylation is 1. The molecule has 0 aliphatic carbocycles. The number of nitrogens with zero attached hydrogens (tertiary/aromatic N) is 1. The van der Waals surface area contributed by atoms with Gasteiger partial charge in [0.25, 0.3) is 10.0 Å². The maximum atomic E-state index is 13.2. The fraction of sp³-hybridized carbons (Fsp3) is 0.158. The average Bonchev–Trinajstić information content (AvgIpc) is 2.55. The van der Waals surface area contributed by atoms with Gasteiger partial charge < -0.3 is 0 Å². The molecular formula is C19H21NO2S. The van der Waals surface area contributed by atoms with Crippen molar-refractivity contribution in [2.75, 3.05) is 4.31 Å². The molecule has 0 atom stereocenters. The van der Waals surface area contributed by atoms with Gasteiger partial charge in [-0.1, -0.05) is 54.6 Å². The minimum absolute atomic E-state index is 0.267. The third-order valence-corrected chi connectivity index (χ3v) is 5.51. The summed E-state index contributed by atoms with van der Waals surface area (Å²) in [5, 5.41) is 0. The zero-order valence-corrected chi connectivity index (χ0v) is 14.5. The van der Waals surface area contributed by atoms with Gasteiger partial charge in [0, 0.05) is 5.70 Å². The van der Waals surface area contributed by atoms with E-state index in [0.717, 1.165) is 11.1 Å². The van der Waals surface area contributed by atoms with Crippen LogP contribution >= 0.6 is 0 Å². The van der Waals surface area contributed by atoms with Crippen LogP contribution in [0.15, 0.2) is 71.8 Å². The molecule has 2 aromatic carbocycles. The van der Waals surface area contributed by atoms with Crippen molar-refractivity contribution in [3.05, 3.63) is 78.0 Å². The van der Waals surface area contributed by atoms with Crippen molar-refractivity contribution >= 4 is 21.8 Å². The van der Waals surface area contributed by atoms with Crippen LogP contribution in [0.5, 0.6) is 0 Å². The van der Waals surface area contributed by atoms with Crippen LogP contribution in [0.3, 0.4) is 0 Å². The molecule has 0 radical (unpaired) electrons. The van der Waals surface area contributed by atoms with Crippen LogP contribution in [0.1, 0.15) is 25.0 Å². The molecule has 0 aliphatic heterocycles. The zero-order valence-electron chi connectivity index (χ0n) is 13.7. The van der Waals surface area contributed by atoms with Gasteiger partial charge in [0.2, 0.25) is 0 Å². The second-order valence-electron chi connectivity index (χ2n) is 5.28. The number of benzene rings is 2. The Labute approximate surface area is 138 Å². The Balaban J connectivity index is 2.68. The third kappa shape index (κ3) is 3.37. The molecule has 0 aliphatic rings. The van der Waals surface area contributed by atoms with E-state index in [0.29, 0.717) is 11.4 Å². The molecule has 120 valence electrons. The number of allylic oxidation sites excluding steroid dienone is 2. The number of hydrogen-bond donors (Lipinski definition) is 0. The first-order valence-corrected chi connectivity index (χ1v) is 8.82. The molecule has 2 aromatic rings. The van der Waals surface area contributed by atoms with Gasteiger partial charge in [-0.05, 0) is 44.5 Å². The molecule has 4 heteroatoms. The van der Waals surface area contributed by atoms with E-state index in [1.807, 2.05) is 32.0 Å². The number of rotatable bonds is 5. The largest absolute Gasteiger partial charge is 0.268 e. The monoisotopic (exact) mass is 327 g/mol. The topological polar surface area (TPSA) is 37.4 Å². The van der Waals surface area contributed by atoms with Crippen molar-refractivity contribution in [3.63, 3.8) is 0 Å². The minimum atomic E-state index is -3.70. The van der Waals surface area contributed by atoms with E-state index in [4.69, 9.17) is 0 Å². The van der Waals surface area contributed by atoms with Crippen molar-refractivity contribution < 1.29 is 8.42 Å². The van der Waals surface area contributed by atoms with Gasteiger partial charge in [-0.2, -0.15) is 0 Å². The number of sulfonamides is 1. The summed E-state index contributed by atoms with van der Waals surface area (Å²) in [6.07, 6.45) is 3.45. The van der Waals surface area contributed by atoms with Gasteiger partial charge in [-0.25, -0.2) is 12.7 Å². The molecule has 2 rings (SSSR count). The lowest BCUT2D eigenvalue weighted by molar-refractivity contribution is 0.594. The average molecular weight is 327 g/mol. The lowest BCUT2D eigenvalue weighted by Gasteiger charge is -2.26. The highest BCUT2D eigenvalue weighted by Gasteiger charge is 2.27. The second-order valence-corrected chi connectivity index (χ2v) is 7.06. The molecule has 23 heavy (non-hydrogen) atoms. The molecule has 0 spiro atoms. The molecule has 0 amide bonds. The molecule has 0 unspecified atom stereocenters. The fourth-order valence-corrected chi connectivity index (χ4v) is 3.89. The molecule has 0 N–H and O–H groups in total. The Hall–Kier alpha value is -2.33. The first-order valence-electron chi connectivity index (χ1n) is 7.38. The zero-order chi connectivity index (χ0) is 17.0. The van der Waals surface area contributed by atoms with Crippen LogP contribution in [0.25, 0.3) is 6.08 Å². The lowest BCUT2D eigenvalue weighted by atomic mass is 10.1. The van der Waals surface area contributed by atoms with Gasteiger partial charge in [-0.3, -0.25) is 0 Å². The number of hydrogen-bond acceptors (Lipinski definition) is 2. The Morgan fingerprint density at radius 1 is 1.09 bits per heavy atom. The summed E-state index contributed by atoms with van der Waals surface area (Å²) in [6.45, 7) is 9.32. The maximum Gasteiger partial charge on any atom is 0.268 e. The van der Waals surface area contributed by atoms with Gasteiger partial charge in [-0.15, -0.1) is 0 Å². The van der Waals surface area contributed by atoms with E-state index in [1.165, 1.54) is 4.31 Å². The van der Waals surface area contributed by atoms with Crippen LogP contribution in [-0.4, -0.2) is 8.42 Å². The molecular weight excluding hydrogens is 306 g/mol. The van der Waals surface area contributed by atoms with Crippen molar-refractivity contribution in [1.82, 2.24) is 0 Å². The maximum absolute atomic E-state index is 13.2. The number of anilines is 1. The fourth-order valence-electron chi connectivity index (χ4n) is 2.29. The molecule has 3 nitrogen and oxygen atoms in total. The standard InChI is InChI=1S/C19H21NO2S/c1-5-16(4)20(19-10-8-7-9-17(19)6-2)23(21,22)18-13-11-15(3)12-14-18/h5-14H,2H2,1,3-4H3/b16-5+. The van der Waals surface area contributed by atoms with Crippen molar-refractivity contribution in [2.45, 2.75) is 25.7 Å². The highest BCUT2D eigenvalue weighted by Crippen LogP contribution is 2.31. The predicted octanol–water partition coefficient (Wildman–Crippen LogP) is 4.76. The second kappa shape index (κ2) is 6.84. The van der Waals surface area contributed by atoms with E-state index in [2.05, 4.69) is 6.58 Å². The van der Waals surface area contributed by atoms with Crippen LogP contribution in [-0.2, 0) is 10.0 Å². The van der Waals surface area contributed by atoms with E-state index < -0.39 is 10.0 Å². The molecule has 0 bridgehead atoms. The first kappa shape index (κ1) is 17.0. The SMILES string of the molecule is C=Cc1ccccc1N(/C(C)=C/C)S(=O)(=O)c1ccc(C)cc1. The van der Waals surface area contributed by atoms with E-state index >= 15 is 0 Å². The summed E-state index contributed by atoms with van der Waals surface area (Å²) in [4.78, 5) is 0.267. The Kier molecular flexibility index (Phi) is 5.06. The summed E-state index contributed by atoms with van der Waals surface area (Å²) in [7, 11) is -3.70. The van der Waals surface area contributed by atoms with Crippen LogP contribution in [0, 0.1) is 6.92 Å². The highest BCUT2D eigenvalue weighted by molar-refractivity contribution is 7.93. The molecule has 0 heterocycles. The first-order chi connectivity index (χ1) is 10.9. The lowest BCUT2D eigenvalue weighted by Crippen LogP contribution is -2.30. The predicted molar refractivity (Wildman–Crippen MR) is 96.8 cm³/mol. The quantitative estimate of drug-likeness (QED) is 0.794. The highest BCUT2D eigenvalue weighted by atomic mass is 32.2. The summed E-state index contributed by atoms with van der Waals surface area (Å²) in [5.41, 5.74) is 3.02.